The molecule has 20 heavy (non-hydrogen) atoms. The number of methoxy groups -OCH3 is 1. The molecule has 114 valence electrons. The molecule has 1 rings (SSSR count). The zero-order valence-electron chi connectivity index (χ0n) is 11.7. The van der Waals surface area contributed by atoms with Gasteiger partial charge in [-0.15, -0.1) is 0 Å². The molecule has 1 N–H and O–H groups in total. The minimum atomic E-state index is -4.69. The summed E-state index contributed by atoms with van der Waals surface area (Å²) in [5.41, 5.74) is -0.806. The molecule has 0 bridgehead atoms. The summed E-state index contributed by atoms with van der Waals surface area (Å²) in [4.78, 5) is 0. The number of ether oxygens (including phenoxy) is 1. The second kappa shape index (κ2) is 7.04. The van der Waals surface area contributed by atoms with Gasteiger partial charge in [-0.05, 0) is 37.1 Å². The fourth-order valence-corrected chi connectivity index (χ4v) is 2.20. The van der Waals surface area contributed by atoms with Crippen LogP contribution in [-0.4, -0.2) is 20.8 Å². The number of halogens is 4. The Labute approximate surface area is 116 Å². The summed E-state index contributed by atoms with van der Waals surface area (Å²) in [7, 11) is 3.24. The maximum Gasteiger partial charge on any atom is 0.419 e. The summed E-state index contributed by atoms with van der Waals surface area (Å²) in [6, 6.07) is 2.84. The highest BCUT2D eigenvalue weighted by atomic mass is 19.4. The Bertz CT molecular complexity index is 434. The van der Waals surface area contributed by atoms with Crippen LogP contribution in [0.15, 0.2) is 18.2 Å². The lowest BCUT2D eigenvalue weighted by Crippen LogP contribution is -2.25. The lowest BCUT2D eigenvalue weighted by molar-refractivity contribution is -0.140. The normalized spacial score (nSPS) is 15.2. The van der Waals surface area contributed by atoms with Crippen LogP contribution >= 0.6 is 0 Å². The first-order valence-corrected chi connectivity index (χ1v) is 6.34. The highest BCUT2D eigenvalue weighted by Crippen LogP contribution is 2.34. The third-order valence-corrected chi connectivity index (χ3v) is 3.31. The summed E-state index contributed by atoms with van der Waals surface area (Å²) >= 11 is 0. The third-order valence-electron chi connectivity index (χ3n) is 3.31. The smallest absolute Gasteiger partial charge is 0.385 e. The molecule has 0 saturated carbocycles. The van der Waals surface area contributed by atoms with Crippen molar-refractivity contribution in [2.45, 2.75) is 25.6 Å². The molecule has 2 atom stereocenters. The van der Waals surface area contributed by atoms with Crippen molar-refractivity contribution in [1.82, 2.24) is 5.32 Å². The molecule has 2 nitrogen and oxygen atoms in total. The van der Waals surface area contributed by atoms with E-state index >= 15 is 0 Å². The Balaban J connectivity index is 3.04. The van der Waals surface area contributed by atoms with Crippen molar-refractivity contribution in [1.29, 1.82) is 0 Å². The Morgan fingerprint density at radius 1 is 1.30 bits per heavy atom. The first-order valence-electron chi connectivity index (χ1n) is 6.34. The van der Waals surface area contributed by atoms with Crippen LogP contribution in [0, 0.1) is 11.7 Å². The SMILES string of the molecule is CNC(c1ccc(F)c(C(F)(F)F)c1)C(C)CCOC. The van der Waals surface area contributed by atoms with Gasteiger partial charge in [0, 0.05) is 19.8 Å². The van der Waals surface area contributed by atoms with Crippen LogP contribution in [-0.2, 0) is 10.9 Å². The minimum Gasteiger partial charge on any atom is -0.385 e. The number of rotatable bonds is 6. The lowest BCUT2D eigenvalue weighted by Gasteiger charge is -2.24. The fourth-order valence-electron chi connectivity index (χ4n) is 2.20. The summed E-state index contributed by atoms with van der Waals surface area (Å²) in [5, 5.41) is 2.98. The molecule has 1 aromatic rings. The van der Waals surface area contributed by atoms with Crippen LogP contribution in [0.1, 0.15) is 30.5 Å². The monoisotopic (exact) mass is 293 g/mol. The summed E-state index contributed by atoms with van der Waals surface area (Å²) in [6.07, 6.45) is -3.99. The van der Waals surface area contributed by atoms with Gasteiger partial charge >= 0.3 is 6.18 Å². The van der Waals surface area contributed by atoms with E-state index in [2.05, 4.69) is 5.32 Å². The van der Waals surface area contributed by atoms with Crippen LogP contribution < -0.4 is 5.32 Å². The van der Waals surface area contributed by atoms with Gasteiger partial charge in [-0.1, -0.05) is 13.0 Å². The van der Waals surface area contributed by atoms with Gasteiger partial charge in [0.25, 0.3) is 0 Å². The van der Waals surface area contributed by atoms with Crippen molar-refractivity contribution in [3.63, 3.8) is 0 Å². The molecule has 0 aliphatic rings. The third kappa shape index (κ3) is 4.18. The van der Waals surface area contributed by atoms with E-state index < -0.39 is 17.6 Å². The number of hydrogen-bond donors (Lipinski definition) is 1. The molecule has 0 fully saturated rings. The van der Waals surface area contributed by atoms with Crippen molar-refractivity contribution >= 4 is 0 Å². The first-order chi connectivity index (χ1) is 9.31. The molecular formula is C14H19F4NO. The van der Waals surface area contributed by atoms with Crippen LogP contribution in [0.25, 0.3) is 0 Å². The number of nitrogens with one attached hydrogen (secondary N) is 1. The van der Waals surface area contributed by atoms with E-state index in [4.69, 9.17) is 4.74 Å². The predicted molar refractivity (Wildman–Crippen MR) is 68.9 cm³/mol. The second-order valence-corrected chi connectivity index (χ2v) is 4.76. The Morgan fingerprint density at radius 3 is 2.45 bits per heavy atom. The average molecular weight is 293 g/mol. The molecule has 6 heteroatoms. The molecule has 1 aromatic carbocycles. The minimum absolute atomic E-state index is 0.0616. The van der Waals surface area contributed by atoms with Gasteiger partial charge < -0.3 is 10.1 Å². The quantitative estimate of drug-likeness (QED) is 0.806. The fraction of sp³-hybridized carbons (Fsp3) is 0.571. The Hall–Kier alpha value is -1.14. The summed E-state index contributed by atoms with van der Waals surface area (Å²) in [6.45, 7) is 2.43. The van der Waals surface area contributed by atoms with E-state index in [0.717, 1.165) is 12.1 Å². The van der Waals surface area contributed by atoms with E-state index in [9.17, 15) is 17.6 Å². The van der Waals surface area contributed by atoms with E-state index in [1.807, 2.05) is 6.92 Å². The van der Waals surface area contributed by atoms with Crippen molar-refractivity contribution in [2.75, 3.05) is 20.8 Å². The summed E-state index contributed by atoms with van der Waals surface area (Å²) < 4.78 is 56.4. The highest BCUT2D eigenvalue weighted by molar-refractivity contribution is 5.29. The maximum atomic E-state index is 13.3. The molecule has 0 aliphatic carbocycles. The van der Waals surface area contributed by atoms with Gasteiger partial charge in [-0.25, -0.2) is 4.39 Å². The Kier molecular flexibility index (Phi) is 5.95. The first kappa shape index (κ1) is 16.9. The maximum absolute atomic E-state index is 13.3. The van der Waals surface area contributed by atoms with Crippen molar-refractivity contribution in [3.8, 4) is 0 Å². The number of hydrogen-bond acceptors (Lipinski definition) is 2. The Morgan fingerprint density at radius 2 is 1.95 bits per heavy atom. The van der Waals surface area contributed by atoms with Gasteiger partial charge in [0.15, 0.2) is 0 Å². The second-order valence-electron chi connectivity index (χ2n) is 4.76. The average Bonchev–Trinajstić information content (AvgIpc) is 2.37. The molecule has 0 saturated heterocycles. The van der Waals surface area contributed by atoms with Gasteiger partial charge in [0.1, 0.15) is 5.82 Å². The topological polar surface area (TPSA) is 21.3 Å². The van der Waals surface area contributed by atoms with E-state index in [-0.39, 0.29) is 12.0 Å². The molecule has 0 radical (unpaired) electrons. The van der Waals surface area contributed by atoms with Gasteiger partial charge in [0.05, 0.1) is 5.56 Å². The molecule has 0 aliphatic heterocycles. The van der Waals surface area contributed by atoms with Crippen LogP contribution in [0.4, 0.5) is 17.6 Å². The van der Waals surface area contributed by atoms with Crippen molar-refractivity contribution < 1.29 is 22.3 Å². The largest absolute Gasteiger partial charge is 0.419 e. The highest BCUT2D eigenvalue weighted by Gasteiger charge is 2.35. The summed E-state index contributed by atoms with van der Waals surface area (Å²) in [5.74, 6) is -1.19. The van der Waals surface area contributed by atoms with Crippen LogP contribution in [0.3, 0.4) is 0 Å². The predicted octanol–water partition coefficient (Wildman–Crippen LogP) is 3.78. The van der Waals surface area contributed by atoms with Crippen molar-refractivity contribution in [3.05, 3.63) is 35.1 Å². The number of benzene rings is 1. The van der Waals surface area contributed by atoms with Gasteiger partial charge in [-0.3, -0.25) is 0 Å². The van der Waals surface area contributed by atoms with Crippen LogP contribution in [0.2, 0.25) is 0 Å². The lowest BCUT2D eigenvalue weighted by atomic mass is 9.91. The zero-order valence-corrected chi connectivity index (χ0v) is 11.7. The van der Waals surface area contributed by atoms with Gasteiger partial charge in [0.2, 0.25) is 0 Å². The van der Waals surface area contributed by atoms with Gasteiger partial charge in [-0.2, -0.15) is 13.2 Å². The van der Waals surface area contributed by atoms with E-state index in [1.54, 1.807) is 14.2 Å². The molecule has 2 unspecified atom stereocenters. The molecular weight excluding hydrogens is 274 g/mol. The van der Waals surface area contributed by atoms with Crippen LogP contribution in [0.5, 0.6) is 0 Å². The van der Waals surface area contributed by atoms with E-state index in [1.165, 1.54) is 6.07 Å². The molecule has 0 spiro atoms. The molecule has 0 aromatic heterocycles. The molecule has 0 amide bonds. The standard InChI is InChI=1S/C14H19F4NO/c1-9(6-7-20-3)13(19-2)10-4-5-12(15)11(8-10)14(16,17)18/h4-5,8-9,13,19H,6-7H2,1-3H3. The number of alkyl halides is 3. The zero-order chi connectivity index (χ0) is 15.3. The molecule has 0 heterocycles. The van der Waals surface area contributed by atoms with Crippen molar-refractivity contribution in [2.24, 2.45) is 5.92 Å². The van der Waals surface area contributed by atoms with E-state index in [0.29, 0.717) is 18.6 Å².